The van der Waals surface area contributed by atoms with Crippen molar-refractivity contribution in [3.05, 3.63) is 101 Å². The standard InChI is InChI=1S/C26H21FN6OS/c27-17-10-11-22-20(14-17)21-15-32(13-12-23(21)28-22)26(34)19-8-4-5-9-24(19)35-16-25-29-30-31-33(25)18-6-2-1-3-7-18/h1-11,14,28H,12-13,15-16H2. The van der Waals surface area contributed by atoms with Crippen LogP contribution in [-0.4, -0.2) is 42.5 Å². The molecule has 0 aliphatic carbocycles. The van der Waals surface area contributed by atoms with Gasteiger partial charge in [-0.3, -0.25) is 4.79 Å². The lowest BCUT2D eigenvalue weighted by atomic mass is 10.0. The molecule has 0 bridgehead atoms. The van der Waals surface area contributed by atoms with E-state index in [0.29, 0.717) is 36.7 Å². The summed E-state index contributed by atoms with van der Waals surface area (Å²) >= 11 is 1.53. The third-order valence-corrected chi connectivity index (χ3v) is 7.30. The first-order chi connectivity index (χ1) is 17.2. The highest BCUT2D eigenvalue weighted by molar-refractivity contribution is 7.98. The van der Waals surface area contributed by atoms with Crippen molar-refractivity contribution in [2.24, 2.45) is 0 Å². The van der Waals surface area contributed by atoms with Crippen LogP contribution in [0.1, 0.15) is 27.4 Å². The molecule has 1 aliphatic heterocycles. The number of fused-ring (bicyclic) bond motifs is 3. The highest BCUT2D eigenvalue weighted by atomic mass is 32.2. The number of thioether (sulfide) groups is 1. The quantitative estimate of drug-likeness (QED) is 0.364. The van der Waals surface area contributed by atoms with E-state index in [9.17, 15) is 9.18 Å². The summed E-state index contributed by atoms with van der Waals surface area (Å²) in [4.78, 5) is 19.7. The van der Waals surface area contributed by atoms with Crippen LogP contribution in [0.3, 0.4) is 0 Å². The van der Waals surface area contributed by atoms with Gasteiger partial charge in [0, 0.05) is 46.6 Å². The Morgan fingerprint density at radius 1 is 1.06 bits per heavy atom. The molecular weight excluding hydrogens is 463 g/mol. The summed E-state index contributed by atoms with van der Waals surface area (Å²) in [5.74, 6) is 0.902. The number of nitrogens with zero attached hydrogens (tertiary/aromatic N) is 5. The van der Waals surface area contributed by atoms with E-state index in [1.54, 1.807) is 16.8 Å². The number of rotatable bonds is 5. The zero-order chi connectivity index (χ0) is 23.8. The highest BCUT2D eigenvalue weighted by Crippen LogP contribution is 2.31. The molecule has 3 aromatic carbocycles. The molecule has 5 aromatic rings. The van der Waals surface area contributed by atoms with Crippen molar-refractivity contribution in [3.8, 4) is 5.69 Å². The summed E-state index contributed by atoms with van der Waals surface area (Å²) in [6.45, 7) is 1.05. The van der Waals surface area contributed by atoms with Gasteiger partial charge in [0.15, 0.2) is 5.82 Å². The lowest BCUT2D eigenvalue weighted by Crippen LogP contribution is -2.36. The van der Waals surface area contributed by atoms with Crippen molar-refractivity contribution in [1.82, 2.24) is 30.1 Å². The minimum absolute atomic E-state index is 0.0350. The van der Waals surface area contributed by atoms with Crippen LogP contribution in [0.15, 0.2) is 77.7 Å². The molecule has 0 saturated carbocycles. The molecule has 9 heteroatoms. The molecule has 0 radical (unpaired) electrons. The van der Waals surface area contributed by atoms with Crippen LogP contribution in [0.2, 0.25) is 0 Å². The van der Waals surface area contributed by atoms with E-state index in [1.165, 1.54) is 17.8 Å². The fourth-order valence-corrected chi connectivity index (χ4v) is 5.46. The maximum Gasteiger partial charge on any atom is 0.255 e. The Balaban J connectivity index is 1.23. The molecule has 174 valence electrons. The summed E-state index contributed by atoms with van der Waals surface area (Å²) in [7, 11) is 0. The molecular formula is C26H21FN6OS. The third kappa shape index (κ3) is 4.08. The predicted octanol–water partition coefficient (Wildman–Crippen LogP) is 4.77. The summed E-state index contributed by atoms with van der Waals surface area (Å²) in [5.41, 5.74) is 4.50. The number of H-pyrrole nitrogens is 1. The van der Waals surface area contributed by atoms with E-state index in [0.717, 1.165) is 32.7 Å². The number of hydrogen-bond acceptors (Lipinski definition) is 5. The highest BCUT2D eigenvalue weighted by Gasteiger charge is 2.26. The summed E-state index contributed by atoms with van der Waals surface area (Å²) < 4.78 is 15.6. The average molecular weight is 485 g/mol. The molecule has 1 amide bonds. The number of aromatic nitrogens is 5. The van der Waals surface area contributed by atoms with Crippen LogP contribution in [0.5, 0.6) is 0 Å². The molecule has 3 heterocycles. The zero-order valence-corrected chi connectivity index (χ0v) is 19.5. The molecule has 2 aromatic heterocycles. The fourth-order valence-electron chi connectivity index (χ4n) is 4.51. The maximum absolute atomic E-state index is 13.9. The number of nitrogens with one attached hydrogen (secondary N) is 1. The smallest absolute Gasteiger partial charge is 0.255 e. The van der Waals surface area contributed by atoms with E-state index in [1.807, 2.05) is 59.5 Å². The van der Waals surface area contributed by atoms with Gasteiger partial charge in [0.2, 0.25) is 0 Å². The number of para-hydroxylation sites is 1. The number of halogens is 1. The number of carbonyl (C=O) groups is 1. The molecule has 1 N–H and O–H groups in total. The monoisotopic (exact) mass is 484 g/mol. The molecule has 6 rings (SSSR count). The van der Waals surface area contributed by atoms with E-state index in [4.69, 9.17) is 0 Å². The van der Waals surface area contributed by atoms with E-state index >= 15 is 0 Å². The van der Waals surface area contributed by atoms with Gasteiger partial charge in [-0.25, -0.2) is 4.39 Å². The van der Waals surface area contributed by atoms with Crippen molar-refractivity contribution >= 4 is 28.6 Å². The Bertz CT molecular complexity index is 1530. The van der Waals surface area contributed by atoms with E-state index in [-0.39, 0.29) is 11.7 Å². The van der Waals surface area contributed by atoms with Gasteiger partial charge in [-0.2, -0.15) is 4.68 Å². The van der Waals surface area contributed by atoms with Crippen LogP contribution in [-0.2, 0) is 18.7 Å². The summed E-state index contributed by atoms with van der Waals surface area (Å²) in [5, 5.41) is 13.0. The van der Waals surface area contributed by atoms with Gasteiger partial charge in [-0.1, -0.05) is 30.3 Å². The Hall–Kier alpha value is -3.98. The lowest BCUT2D eigenvalue weighted by Gasteiger charge is -2.28. The maximum atomic E-state index is 13.9. The SMILES string of the molecule is O=C(c1ccccc1SCc1nnnn1-c1ccccc1)N1CCc2[nH]c3ccc(F)cc3c2C1. The predicted molar refractivity (Wildman–Crippen MR) is 132 cm³/mol. The summed E-state index contributed by atoms with van der Waals surface area (Å²) in [6.07, 6.45) is 0.707. The zero-order valence-electron chi connectivity index (χ0n) is 18.7. The van der Waals surface area contributed by atoms with Gasteiger partial charge < -0.3 is 9.88 Å². The Morgan fingerprint density at radius 3 is 2.77 bits per heavy atom. The van der Waals surface area contributed by atoms with Crippen molar-refractivity contribution < 1.29 is 9.18 Å². The largest absolute Gasteiger partial charge is 0.358 e. The number of aromatic amines is 1. The first kappa shape index (κ1) is 21.5. The van der Waals surface area contributed by atoms with Gasteiger partial charge in [0.25, 0.3) is 5.91 Å². The van der Waals surface area contributed by atoms with Crippen LogP contribution >= 0.6 is 11.8 Å². The molecule has 0 saturated heterocycles. The molecule has 1 aliphatic rings. The lowest BCUT2D eigenvalue weighted by molar-refractivity contribution is 0.0731. The first-order valence-electron chi connectivity index (χ1n) is 11.3. The Morgan fingerprint density at radius 2 is 1.89 bits per heavy atom. The van der Waals surface area contributed by atoms with Crippen LogP contribution in [0.25, 0.3) is 16.6 Å². The normalized spacial score (nSPS) is 13.2. The van der Waals surface area contributed by atoms with Crippen molar-refractivity contribution in [3.63, 3.8) is 0 Å². The molecule has 35 heavy (non-hydrogen) atoms. The van der Waals surface area contributed by atoms with Crippen LogP contribution in [0.4, 0.5) is 4.39 Å². The van der Waals surface area contributed by atoms with Crippen LogP contribution < -0.4 is 0 Å². The number of carbonyl (C=O) groups excluding carboxylic acids is 1. The van der Waals surface area contributed by atoms with Crippen molar-refractivity contribution in [2.75, 3.05) is 6.54 Å². The second-order valence-corrected chi connectivity index (χ2v) is 9.39. The Labute approximate surface area is 205 Å². The number of benzene rings is 3. The van der Waals surface area contributed by atoms with Gasteiger partial charge in [0.05, 0.1) is 17.0 Å². The molecule has 7 nitrogen and oxygen atoms in total. The number of amides is 1. The second-order valence-electron chi connectivity index (χ2n) is 8.38. The summed E-state index contributed by atoms with van der Waals surface area (Å²) in [6, 6.07) is 22.1. The first-order valence-corrected chi connectivity index (χ1v) is 12.3. The third-order valence-electron chi connectivity index (χ3n) is 6.23. The van der Waals surface area contributed by atoms with Gasteiger partial charge in [-0.15, -0.1) is 16.9 Å². The molecule has 0 spiro atoms. The molecule has 0 fully saturated rings. The average Bonchev–Trinajstić information content (AvgIpc) is 3.52. The van der Waals surface area contributed by atoms with E-state index in [2.05, 4.69) is 20.5 Å². The number of hydrogen-bond donors (Lipinski definition) is 1. The second kappa shape index (κ2) is 8.99. The topological polar surface area (TPSA) is 79.7 Å². The van der Waals surface area contributed by atoms with E-state index < -0.39 is 0 Å². The fraction of sp³-hybridized carbons (Fsp3) is 0.154. The van der Waals surface area contributed by atoms with Gasteiger partial charge in [0.1, 0.15) is 5.82 Å². The van der Waals surface area contributed by atoms with Crippen molar-refractivity contribution in [2.45, 2.75) is 23.6 Å². The minimum atomic E-state index is -0.276. The van der Waals surface area contributed by atoms with Crippen molar-refractivity contribution in [1.29, 1.82) is 0 Å². The van der Waals surface area contributed by atoms with Gasteiger partial charge in [-0.05, 0) is 52.9 Å². The minimum Gasteiger partial charge on any atom is -0.358 e. The van der Waals surface area contributed by atoms with Crippen LogP contribution in [0, 0.1) is 5.82 Å². The van der Waals surface area contributed by atoms with Gasteiger partial charge >= 0.3 is 0 Å². The molecule has 0 atom stereocenters. The number of tetrazole rings is 1. The molecule has 0 unspecified atom stereocenters. The Kier molecular flexibility index (Phi) is 5.54.